The van der Waals surface area contributed by atoms with Gasteiger partial charge in [0.05, 0.1) is 23.5 Å². The molecule has 1 aromatic heterocycles. The van der Waals surface area contributed by atoms with Crippen molar-refractivity contribution in [3.8, 4) is 0 Å². The van der Waals surface area contributed by atoms with Gasteiger partial charge in [-0.05, 0) is 30.7 Å². The van der Waals surface area contributed by atoms with Crippen LogP contribution in [0.5, 0.6) is 0 Å². The number of carbonyl (C=O) groups is 2. The molecule has 34 heavy (non-hydrogen) atoms. The molecule has 1 saturated heterocycles. The molecule has 2 amide bonds. The minimum absolute atomic E-state index is 0.0257. The predicted octanol–water partition coefficient (Wildman–Crippen LogP) is 0.338. The average Bonchev–Trinajstić information content (AvgIpc) is 2.85. The fourth-order valence-electron chi connectivity index (χ4n) is 3.65. The van der Waals surface area contributed by atoms with Gasteiger partial charge in [0, 0.05) is 31.1 Å². The fourth-order valence-corrected chi connectivity index (χ4v) is 5.08. The number of aromatic nitrogens is 2. The highest BCUT2D eigenvalue weighted by Crippen LogP contribution is 2.20. The Kier molecular flexibility index (Phi) is 6.46. The Morgan fingerprint density at radius 2 is 1.65 bits per heavy atom. The second-order valence-corrected chi connectivity index (χ2v) is 9.66. The normalized spacial score (nSPS) is 14.6. The molecule has 0 bridgehead atoms. The van der Waals surface area contributed by atoms with Gasteiger partial charge in [-0.25, -0.2) is 13.1 Å². The third-order valence-electron chi connectivity index (χ3n) is 5.52. The third-order valence-corrected chi connectivity index (χ3v) is 7.42. The van der Waals surface area contributed by atoms with E-state index in [1.54, 1.807) is 31.2 Å². The molecule has 0 atom stereocenters. The summed E-state index contributed by atoms with van der Waals surface area (Å²) in [5.41, 5.74) is 4.81. The van der Waals surface area contributed by atoms with Crippen LogP contribution in [0.15, 0.2) is 52.2 Å². The van der Waals surface area contributed by atoms with Crippen LogP contribution in [0.1, 0.15) is 26.4 Å². The number of fused-ring (bicyclic) bond motifs is 1. The zero-order chi connectivity index (χ0) is 24.5. The molecule has 11 nitrogen and oxygen atoms in total. The summed E-state index contributed by atoms with van der Waals surface area (Å²) in [6, 6.07) is 10.8. The number of ether oxygens (including phenoxy) is 1. The highest BCUT2D eigenvalue weighted by atomic mass is 32.2. The molecule has 2 aromatic carbocycles. The van der Waals surface area contributed by atoms with Gasteiger partial charge in [-0.1, -0.05) is 24.3 Å². The van der Waals surface area contributed by atoms with Crippen LogP contribution in [0.25, 0.3) is 10.8 Å². The van der Waals surface area contributed by atoms with E-state index in [0.717, 1.165) is 4.68 Å². The van der Waals surface area contributed by atoms with Crippen LogP contribution in [0.4, 0.5) is 0 Å². The summed E-state index contributed by atoms with van der Waals surface area (Å²) in [6.45, 7) is 2.73. The molecule has 2 heterocycles. The van der Waals surface area contributed by atoms with Gasteiger partial charge in [-0.2, -0.15) is 9.40 Å². The molecule has 1 aliphatic rings. The topological polar surface area (TPSA) is 140 Å². The molecular formula is C22H23N5O6S. The fraction of sp³-hybridized carbons (Fsp3) is 0.273. The number of nitrogens with one attached hydrogen (secondary N) is 2. The first kappa shape index (κ1) is 23.5. The number of morpholine rings is 1. The highest BCUT2D eigenvalue weighted by Gasteiger charge is 2.27. The molecule has 1 aliphatic heterocycles. The van der Waals surface area contributed by atoms with E-state index in [1.807, 2.05) is 0 Å². The van der Waals surface area contributed by atoms with Crippen LogP contribution in [-0.2, 0) is 21.8 Å². The van der Waals surface area contributed by atoms with Crippen molar-refractivity contribution in [2.24, 2.45) is 7.05 Å². The number of nitrogens with zero attached hydrogens (tertiary/aromatic N) is 3. The van der Waals surface area contributed by atoms with Crippen LogP contribution in [0.2, 0.25) is 0 Å². The summed E-state index contributed by atoms with van der Waals surface area (Å²) < 4.78 is 33.4. The molecule has 4 rings (SSSR count). The zero-order valence-electron chi connectivity index (χ0n) is 18.6. The summed E-state index contributed by atoms with van der Waals surface area (Å²) in [5.74, 6) is -1.42. The standard InChI is InChI=1S/C22H23N5O6S/c1-14-7-8-15(34(31,32)27-9-11-33-12-10-27)13-18(14)20(28)23-24-21(29)19-16-5-3-4-6-17(16)22(30)26(2)25-19/h3-8,13H,9-12H2,1-2H3,(H,23,28)(H,24,29). The van der Waals surface area contributed by atoms with E-state index < -0.39 is 21.8 Å². The minimum Gasteiger partial charge on any atom is -0.379 e. The zero-order valence-corrected chi connectivity index (χ0v) is 19.4. The van der Waals surface area contributed by atoms with Crippen LogP contribution in [0.3, 0.4) is 0 Å². The molecule has 0 saturated carbocycles. The molecule has 0 spiro atoms. The Bertz CT molecular complexity index is 1440. The first-order chi connectivity index (χ1) is 16.2. The van der Waals surface area contributed by atoms with E-state index in [0.29, 0.717) is 29.5 Å². The maximum atomic E-state index is 12.9. The Hall–Kier alpha value is -3.61. The maximum absolute atomic E-state index is 12.9. The summed E-state index contributed by atoms with van der Waals surface area (Å²) in [4.78, 5) is 37.8. The Morgan fingerprint density at radius 3 is 2.35 bits per heavy atom. The van der Waals surface area contributed by atoms with Gasteiger partial charge in [0.2, 0.25) is 10.0 Å². The number of aryl methyl sites for hydroxylation is 2. The average molecular weight is 486 g/mol. The van der Waals surface area contributed by atoms with E-state index in [1.165, 1.54) is 29.6 Å². The van der Waals surface area contributed by atoms with Gasteiger partial charge >= 0.3 is 0 Å². The lowest BCUT2D eigenvalue weighted by atomic mass is 10.1. The lowest BCUT2D eigenvalue weighted by Crippen LogP contribution is -2.43. The summed E-state index contributed by atoms with van der Waals surface area (Å²) in [6.07, 6.45) is 0. The van der Waals surface area contributed by atoms with Gasteiger partial charge in [-0.3, -0.25) is 25.2 Å². The third kappa shape index (κ3) is 4.42. The summed E-state index contributed by atoms with van der Waals surface area (Å²) in [7, 11) is -2.37. The van der Waals surface area contributed by atoms with E-state index >= 15 is 0 Å². The van der Waals surface area contributed by atoms with Crippen molar-refractivity contribution in [2.75, 3.05) is 26.3 Å². The number of carbonyl (C=O) groups excluding carboxylic acids is 2. The predicted molar refractivity (Wildman–Crippen MR) is 123 cm³/mol. The number of hydrazine groups is 1. The van der Waals surface area contributed by atoms with Crippen LogP contribution in [-0.4, -0.2) is 60.6 Å². The summed E-state index contributed by atoms with van der Waals surface area (Å²) in [5, 5.41) is 4.67. The summed E-state index contributed by atoms with van der Waals surface area (Å²) >= 11 is 0. The van der Waals surface area contributed by atoms with Crippen LogP contribution < -0.4 is 16.4 Å². The van der Waals surface area contributed by atoms with Crippen molar-refractivity contribution in [3.63, 3.8) is 0 Å². The monoisotopic (exact) mass is 485 g/mol. The molecule has 1 fully saturated rings. The number of sulfonamides is 1. The molecule has 2 N–H and O–H groups in total. The number of hydrogen-bond donors (Lipinski definition) is 2. The molecule has 3 aromatic rings. The van der Waals surface area contributed by atoms with Gasteiger partial charge in [0.25, 0.3) is 17.4 Å². The SMILES string of the molecule is Cc1ccc(S(=O)(=O)N2CCOCC2)cc1C(=O)NNC(=O)c1nn(C)c(=O)c2ccccc12. The molecule has 0 aliphatic carbocycles. The Morgan fingerprint density at radius 1 is 1.00 bits per heavy atom. The van der Waals surface area contributed by atoms with E-state index in [-0.39, 0.29) is 34.8 Å². The van der Waals surface area contributed by atoms with Gasteiger partial charge in [0.15, 0.2) is 5.69 Å². The number of hydrogen-bond acceptors (Lipinski definition) is 7. The van der Waals surface area contributed by atoms with Crippen molar-refractivity contribution < 1.29 is 22.7 Å². The molecule has 12 heteroatoms. The van der Waals surface area contributed by atoms with Crippen molar-refractivity contribution in [3.05, 3.63) is 69.6 Å². The second-order valence-electron chi connectivity index (χ2n) is 7.72. The largest absolute Gasteiger partial charge is 0.379 e. The molecule has 0 radical (unpaired) electrons. The van der Waals surface area contributed by atoms with E-state index in [9.17, 15) is 22.8 Å². The van der Waals surface area contributed by atoms with Crippen molar-refractivity contribution in [2.45, 2.75) is 11.8 Å². The van der Waals surface area contributed by atoms with Crippen LogP contribution >= 0.6 is 0 Å². The first-order valence-electron chi connectivity index (χ1n) is 10.5. The van der Waals surface area contributed by atoms with Crippen molar-refractivity contribution in [1.29, 1.82) is 0 Å². The van der Waals surface area contributed by atoms with Crippen molar-refractivity contribution in [1.82, 2.24) is 24.9 Å². The minimum atomic E-state index is -3.80. The van der Waals surface area contributed by atoms with Gasteiger partial charge in [-0.15, -0.1) is 0 Å². The first-order valence-corrected chi connectivity index (χ1v) is 11.9. The van der Waals surface area contributed by atoms with Gasteiger partial charge < -0.3 is 4.74 Å². The molecule has 0 unspecified atom stereocenters. The van der Waals surface area contributed by atoms with E-state index in [2.05, 4.69) is 16.0 Å². The van der Waals surface area contributed by atoms with Gasteiger partial charge in [0.1, 0.15) is 0 Å². The van der Waals surface area contributed by atoms with Crippen molar-refractivity contribution >= 4 is 32.6 Å². The number of benzene rings is 2. The number of rotatable bonds is 4. The maximum Gasteiger partial charge on any atom is 0.290 e. The Balaban J connectivity index is 1.56. The number of amides is 2. The lowest BCUT2D eigenvalue weighted by Gasteiger charge is -2.26. The highest BCUT2D eigenvalue weighted by molar-refractivity contribution is 7.89. The second kappa shape index (κ2) is 9.33. The smallest absolute Gasteiger partial charge is 0.290 e. The van der Waals surface area contributed by atoms with Crippen LogP contribution in [0, 0.1) is 6.92 Å². The lowest BCUT2D eigenvalue weighted by molar-refractivity contribution is 0.0730. The van der Waals surface area contributed by atoms with E-state index in [4.69, 9.17) is 4.74 Å². The molecular weight excluding hydrogens is 462 g/mol. The quantitative estimate of drug-likeness (QED) is 0.508. The molecule has 178 valence electrons. The Labute approximate surface area is 195 Å².